The molecule has 0 unspecified atom stereocenters. The molecule has 0 saturated heterocycles. The fourth-order valence-corrected chi connectivity index (χ4v) is 3.18. The van der Waals surface area contributed by atoms with Crippen molar-refractivity contribution in [2.45, 2.75) is 18.2 Å². The highest BCUT2D eigenvalue weighted by Gasteiger charge is 2.20. The summed E-state index contributed by atoms with van der Waals surface area (Å²) in [5.74, 6) is 0.938. The number of hydrogen-bond acceptors (Lipinski definition) is 6. The van der Waals surface area contributed by atoms with Gasteiger partial charge in [-0.2, -0.15) is 0 Å². The Balaban J connectivity index is 2.22. The molecule has 1 aromatic heterocycles. The van der Waals surface area contributed by atoms with E-state index in [9.17, 15) is 8.42 Å². The number of hydrogen-bond donors (Lipinski definition) is 2. The van der Waals surface area contributed by atoms with E-state index in [0.717, 1.165) is 18.7 Å². The Bertz CT molecular complexity index is 776. The lowest BCUT2D eigenvalue weighted by atomic mass is 10.3. The van der Waals surface area contributed by atoms with Gasteiger partial charge in [-0.25, -0.2) is 13.4 Å². The molecule has 0 spiro atoms. The van der Waals surface area contributed by atoms with Crippen LogP contribution in [0, 0.1) is 0 Å². The van der Waals surface area contributed by atoms with E-state index in [1.165, 1.54) is 26.4 Å². The van der Waals surface area contributed by atoms with Crippen LogP contribution in [0.3, 0.4) is 0 Å². The van der Waals surface area contributed by atoms with Crippen molar-refractivity contribution in [2.24, 2.45) is 0 Å². The number of sulfonamides is 1. The van der Waals surface area contributed by atoms with Gasteiger partial charge < -0.3 is 14.8 Å². The minimum absolute atomic E-state index is 0.0146. The first-order valence-corrected chi connectivity index (χ1v) is 8.93. The predicted molar refractivity (Wildman–Crippen MR) is 93.4 cm³/mol. The van der Waals surface area contributed by atoms with Gasteiger partial charge in [-0.3, -0.25) is 4.72 Å². The molecule has 2 N–H and O–H groups in total. The number of rotatable bonds is 8. The second kappa shape index (κ2) is 7.87. The highest BCUT2D eigenvalue weighted by atomic mass is 32.2. The molecular formula is C16H21N3O4S. The van der Waals surface area contributed by atoms with Crippen LogP contribution in [0.2, 0.25) is 0 Å². The highest BCUT2D eigenvalue weighted by Crippen LogP contribution is 2.29. The fourth-order valence-electron chi connectivity index (χ4n) is 2.02. The maximum atomic E-state index is 12.6. The van der Waals surface area contributed by atoms with Gasteiger partial charge in [-0.05, 0) is 30.7 Å². The minimum Gasteiger partial charge on any atom is -0.497 e. The van der Waals surface area contributed by atoms with Gasteiger partial charge in [0.15, 0.2) is 0 Å². The van der Waals surface area contributed by atoms with Crippen LogP contribution in [0.15, 0.2) is 41.4 Å². The van der Waals surface area contributed by atoms with Gasteiger partial charge in [0.05, 0.1) is 26.1 Å². The zero-order valence-corrected chi connectivity index (χ0v) is 14.7. The van der Waals surface area contributed by atoms with E-state index < -0.39 is 10.0 Å². The first-order chi connectivity index (χ1) is 11.5. The largest absolute Gasteiger partial charge is 0.497 e. The highest BCUT2D eigenvalue weighted by molar-refractivity contribution is 7.92. The van der Waals surface area contributed by atoms with Crippen LogP contribution < -0.4 is 19.5 Å². The van der Waals surface area contributed by atoms with Gasteiger partial charge in [0, 0.05) is 12.6 Å². The second-order valence-corrected chi connectivity index (χ2v) is 6.63. The number of benzene rings is 1. The molecule has 0 fully saturated rings. The Hall–Kier alpha value is -2.48. The third-order valence-electron chi connectivity index (χ3n) is 3.24. The number of nitrogens with zero attached hydrogens (tertiary/aromatic N) is 1. The summed E-state index contributed by atoms with van der Waals surface area (Å²) in [7, 11) is -0.922. The summed E-state index contributed by atoms with van der Waals surface area (Å²) >= 11 is 0. The van der Waals surface area contributed by atoms with Crippen molar-refractivity contribution in [1.29, 1.82) is 0 Å². The average Bonchev–Trinajstić information content (AvgIpc) is 2.60. The number of methoxy groups -OCH3 is 2. The van der Waals surface area contributed by atoms with Crippen LogP contribution in [0.1, 0.15) is 13.3 Å². The van der Waals surface area contributed by atoms with E-state index in [0.29, 0.717) is 5.75 Å². The number of anilines is 2. The molecule has 7 nitrogen and oxygen atoms in total. The summed E-state index contributed by atoms with van der Waals surface area (Å²) in [5, 5.41) is 3.17. The van der Waals surface area contributed by atoms with Gasteiger partial charge in [0.25, 0.3) is 10.0 Å². The molecule has 1 aromatic carbocycles. The molecule has 0 amide bonds. The Morgan fingerprint density at radius 1 is 1.12 bits per heavy atom. The van der Waals surface area contributed by atoms with Gasteiger partial charge in [-0.1, -0.05) is 6.92 Å². The molecule has 0 saturated carbocycles. The molecule has 0 aliphatic heterocycles. The summed E-state index contributed by atoms with van der Waals surface area (Å²) in [4.78, 5) is 4.13. The normalized spacial score (nSPS) is 11.0. The number of aromatic nitrogens is 1. The molecule has 130 valence electrons. The monoisotopic (exact) mass is 351 g/mol. The van der Waals surface area contributed by atoms with E-state index in [1.807, 2.05) is 0 Å². The summed E-state index contributed by atoms with van der Waals surface area (Å²) < 4.78 is 37.8. The third kappa shape index (κ3) is 4.29. The van der Waals surface area contributed by atoms with Crippen molar-refractivity contribution in [3.63, 3.8) is 0 Å². The Morgan fingerprint density at radius 3 is 2.50 bits per heavy atom. The topological polar surface area (TPSA) is 89.5 Å². The van der Waals surface area contributed by atoms with Crippen molar-refractivity contribution >= 4 is 21.5 Å². The molecule has 0 aliphatic carbocycles. The van der Waals surface area contributed by atoms with Crippen molar-refractivity contribution in [2.75, 3.05) is 30.8 Å². The van der Waals surface area contributed by atoms with E-state index in [4.69, 9.17) is 9.47 Å². The Morgan fingerprint density at radius 2 is 1.92 bits per heavy atom. The average molecular weight is 351 g/mol. The molecule has 0 radical (unpaired) electrons. The zero-order chi connectivity index (χ0) is 17.6. The molecule has 24 heavy (non-hydrogen) atoms. The summed E-state index contributed by atoms with van der Waals surface area (Å²) in [6.07, 6.45) is 2.57. The molecule has 0 bridgehead atoms. The van der Waals surface area contributed by atoms with Gasteiger partial charge >= 0.3 is 0 Å². The van der Waals surface area contributed by atoms with Gasteiger partial charge in [0.1, 0.15) is 22.2 Å². The molecule has 8 heteroatoms. The van der Waals surface area contributed by atoms with Crippen molar-refractivity contribution < 1.29 is 17.9 Å². The van der Waals surface area contributed by atoms with Crippen LogP contribution >= 0.6 is 0 Å². The maximum absolute atomic E-state index is 12.6. The van der Waals surface area contributed by atoms with Crippen LogP contribution in [0.25, 0.3) is 0 Å². The van der Waals surface area contributed by atoms with Crippen molar-refractivity contribution in [1.82, 2.24) is 4.98 Å². The SMILES string of the molecule is CCCNc1ccc(NS(=O)(=O)c2ccc(OC)cc2OC)nc1. The van der Waals surface area contributed by atoms with E-state index in [-0.39, 0.29) is 16.5 Å². The fraction of sp³-hybridized carbons (Fsp3) is 0.312. The molecular weight excluding hydrogens is 330 g/mol. The van der Waals surface area contributed by atoms with Crippen LogP contribution in [0.4, 0.5) is 11.5 Å². The Kier molecular flexibility index (Phi) is 5.86. The smallest absolute Gasteiger partial charge is 0.266 e. The summed E-state index contributed by atoms with van der Waals surface area (Å²) in [6, 6.07) is 7.87. The lowest BCUT2D eigenvalue weighted by molar-refractivity contribution is 0.386. The number of nitrogens with one attached hydrogen (secondary N) is 2. The molecule has 1 heterocycles. The van der Waals surface area contributed by atoms with E-state index in [2.05, 4.69) is 21.9 Å². The van der Waals surface area contributed by atoms with E-state index in [1.54, 1.807) is 24.4 Å². The zero-order valence-electron chi connectivity index (χ0n) is 13.9. The van der Waals surface area contributed by atoms with Crippen molar-refractivity contribution in [3.8, 4) is 11.5 Å². The summed E-state index contributed by atoms with van der Waals surface area (Å²) in [6.45, 7) is 2.89. The number of ether oxygens (including phenoxy) is 2. The van der Waals surface area contributed by atoms with Gasteiger partial charge in [0.2, 0.25) is 0 Å². The Labute approximate surface area is 142 Å². The van der Waals surface area contributed by atoms with Gasteiger partial charge in [-0.15, -0.1) is 0 Å². The first kappa shape index (κ1) is 17.9. The standard InChI is InChI=1S/C16H21N3O4S/c1-4-9-17-12-5-8-16(18-11-12)19-24(20,21)15-7-6-13(22-2)10-14(15)23-3/h5-8,10-11,17H,4,9H2,1-3H3,(H,18,19). The van der Waals surface area contributed by atoms with Crippen LogP contribution in [-0.2, 0) is 10.0 Å². The molecule has 2 rings (SSSR count). The van der Waals surface area contributed by atoms with Crippen molar-refractivity contribution in [3.05, 3.63) is 36.5 Å². The molecule has 2 aromatic rings. The first-order valence-electron chi connectivity index (χ1n) is 7.45. The predicted octanol–water partition coefficient (Wildman–Crippen LogP) is 2.72. The third-order valence-corrected chi connectivity index (χ3v) is 4.64. The number of pyridine rings is 1. The second-order valence-electron chi connectivity index (χ2n) is 4.98. The van der Waals surface area contributed by atoms with Crippen LogP contribution in [-0.4, -0.2) is 34.2 Å². The minimum atomic E-state index is -3.82. The quantitative estimate of drug-likeness (QED) is 0.760. The lowest BCUT2D eigenvalue weighted by Crippen LogP contribution is -2.15. The molecule has 0 atom stereocenters. The van der Waals surface area contributed by atoms with E-state index >= 15 is 0 Å². The lowest BCUT2D eigenvalue weighted by Gasteiger charge is -2.12. The van der Waals surface area contributed by atoms with Crippen LogP contribution in [0.5, 0.6) is 11.5 Å². The maximum Gasteiger partial charge on any atom is 0.266 e. The molecule has 0 aliphatic rings. The summed E-state index contributed by atoms with van der Waals surface area (Å²) in [5.41, 5.74) is 0.835.